The number of carboxylic acid groups (broad SMARTS) is 1. The molecule has 0 aliphatic rings. The highest BCUT2D eigenvalue weighted by molar-refractivity contribution is 5.90. The van der Waals surface area contributed by atoms with Crippen LogP contribution in [0.15, 0.2) is 36.5 Å². The summed E-state index contributed by atoms with van der Waals surface area (Å²) in [4.78, 5) is 21.6. The van der Waals surface area contributed by atoms with Gasteiger partial charge in [0.2, 0.25) is 0 Å². The maximum Gasteiger partial charge on any atom is 0.303 e. The molecule has 112 valence electrons. The summed E-state index contributed by atoms with van der Waals surface area (Å²) in [5.41, 5.74) is 0. The number of hydrogen-bond donors (Lipinski definition) is 1. The molecule has 0 aliphatic heterocycles. The second-order valence-electron chi connectivity index (χ2n) is 4.41. The molecule has 0 aromatic carbocycles. The van der Waals surface area contributed by atoms with Crippen molar-refractivity contribution in [2.75, 3.05) is 7.11 Å². The quantitative estimate of drug-likeness (QED) is 0.466. The molecule has 0 saturated heterocycles. The molecule has 0 aromatic heterocycles. The maximum absolute atomic E-state index is 11.3. The zero-order valence-electron chi connectivity index (χ0n) is 12.2. The predicted octanol–water partition coefficient (Wildman–Crippen LogP) is 3.29. The van der Waals surface area contributed by atoms with Crippen molar-refractivity contribution in [1.29, 1.82) is 0 Å². The lowest BCUT2D eigenvalue weighted by Gasteiger charge is -2.07. The third-order valence-corrected chi connectivity index (χ3v) is 2.63. The number of hydrogen-bond acceptors (Lipinski definition) is 3. The van der Waals surface area contributed by atoms with Gasteiger partial charge >= 0.3 is 5.97 Å². The van der Waals surface area contributed by atoms with Crippen molar-refractivity contribution in [3.05, 3.63) is 36.5 Å². The minimum atomic E-state index is -0.869. The lowest BCUT2D eigenvalue weighted by atomic mass is 10.1. The van der Waals surface area contributed by atoms with Gasteiger partial charge in [0.15, 0.2) is 5.78 Å². The molecule has 4 nitrogen and oxygen atoms in total. The van der Waals surface area contributed by atoms with E-state index in [9.17, 15) is 9.59 Å². The van der Waals surface area contributed by atoms with Gasteiger partial charge in [0.1, 0.15) is 0 Å². The van der Waals surface area contributed by atoms with Crippen LogP contribution in [0, 0.1) is 0 Å². The number of aliphatic carboxylic acids is 1. The number of rotatable bonds is 11. The van der Waals surface area contributed by atoms with Crippen LogP contribution in [0.5, 0.6) is 0 Å². The summed E-state index contributed by atoms with van der Waals surface area (Å²) in [6.45, 7) is 2.11. The Hall–Kier alpha value is -1.68. The van der Waals surface area contributed by atoms with E-state index < -0.39 is 5.97 Å². The maximum atomic E-state index is 11.3. The molecule has 0 aromatic rings. The number of ether oxygens (including phenoxy) is 1. The normalized spacial score (nSPS) is 13.5. The van der Waals surface area contributed by atoms with Crippen molar-refractivity contribution >= 4 is 11.8 Å². The zero-order chi connectivity index (χ0) is 15.2. The molecule has 20 heavy (non-hydrogen) atoms. The molecule has 1 unspecified atom stereocenters. The molecule has 0 fully saturated rings. The average molecular weight is 280 g/mol. The summed E-state index contributed by atoms with van der Waals surface area (Å²) in [7, 11) is 1.68. The van der Waals surface area contributed by atoms with Gasteiger partial charge in [0.25, 0.3) is 0 Å². The second kappa shape index (κ2) is 12.4. The van der Waals surface area contributed by atoms with Gasteiger partial charge in [-0.25, -0.2) is 0 Å². The third-order valence-electron chi connectivity index (χ3n) is 2.63. The van der Waals surface area contributed by atoms with Gasteiger partial charge in [-0.15, -0.1) is 0 Å². The van der Waals surface area contributed by atoms with Crippen LogP contribution >= 0.6 is 0 Å². The van der Waals surface area contributed by atoms with Crippen molar-refractivity contribution in [1.82, 2.24) is 0 Å². The Labute approximate surface area is 120 Å². The summed E-state index contributed by atoms with van der Waals surface area (Å²) < 4.78 is 5.26. The smallest absolute Gasteiger partial charge is 0.303 e. The molecule has 0 rings (SSSR count). The van der Waals surface area contributed by atoms with Gasteiger partial charge in [0, 0.05) is 20.0 Å². The molecule has 4 heteroatoms. The molecule has 0 amide bonds. The fourth-order valence-electron chi connectivity index (χ4n) is 1.55. The van der Waals surface area contributed by atoms with Crippen LogP contribution in [0.25, 0.3) is 0 Å². The monoisotopic (exact) mass is 280 g/mol. The van der Waals surface area contributed by atoms with E-state index in [1.54, 1.807) is 19.3 Å². The van der Waals surface area contributed by atoms with Gasteiger partial charge in [-0.2, -0.15) is 0 Å². The molecule has 1 N–H and O–H groups in total. The van der Waals surface area contributed by atoms with E-state index >= 15 is 0 Å². The molecular weight excluding hydrogens is 256 g/mol. The number of methoxy groups -OCH3 is 1. The first-order valence-corrected chi connectivity index (χ1v) is 6.89. The Morgan fingerprint density at radius 1 is 1.15 bits per heavy atom. The summed E-state index contributed by atoms with van der Waals surface area (Å²) in [5, 5.41) is 8.44. The number of carbonyl (C=O) groups excluding carboxylic acids is 1. The summed E-state index contributed by atoms with van der Waals surface area (Å²) in [6, 6.07) is 0. The minimum Gasteiger partial charge on any atom is -0.481 e. The molecule has 0 aliphatic carbocycles. The molecule has 0 saturated carbocycles. The van der Waals surface area contributed by atoms with Crippen LogP contribution in [-0.2, 0) is 14.3 Å². The number of carboxylic acids is 1. The molecule has 1 atom stereocenters. The first-order valence-electron chi connectivity index (χ1n) is 6.89. The third kappa shape index (κ3) is 11.4. The fraction of sp³-hybridized carbons (Fsp3) is 0.500. The van der Waals surface area contributed by atoms with Gasteiger partial charge < -0.3 is 9.84 Å². The van der Waals surface area contributed by atoms with E-state index in [2.05, 4.69) is 6.92 Å². The van der Waals surface area contributed by atoms with Crippen molar-refractivity contribution in [3.63, 3.8) is 0 Å². The van der Waals surface area contributed by atoms with Crippen LogP contribution in [0.2, 0.25) is 0 Å². The Kier molecular flexibility index (Phi) is 11.3. The van der Waals surface area contributed by atoms with Crippen LogP contribution in [0.1, 0.15) is 39.0 Å². The van der Waals surface area contributed by atoms with Gasteiger partial charge in [-0.1, -0.05) is 43.7 Å². The Bertz CT molecular complexity index is 367. The average Bonchev–Trinajstić information content (AvgIpc) is 2.40. The first kappa shape index (κ1) is 18.3. The molecule has 0 heterocycles. The van der Waals surface area contributed by atoms with E-state index in [-0.39, 0.29) is 24.7 Å². The standard InChI is InChI=1S/C16H24O4/c1-3-9-15(20-2)12-7-5-4-6-10-14(17)11-8-13-16(18)19/h4-7,10,12,15H,3,8-9,11,13H2,1-2H3,(H,18,19). The molecular formula is C16H24O4. The zero-order valence-corrected chi connectivity index (χ0v) is 12.2. The molecule has 0 spiro atoms. The van der Waals surface area contributed by atoms with Gasteiger partial charge in [-0.3, -0.25) is 9.59 Å². The second-order valence-corrected chi connectivity index (χ2v) is 4.41. The van der Waals surface area contributed by atoms with E-state index in [1.165, 1.54) is 6.08 Å². The van der Waals surface area contributed by atoms with E-state index in [0.29, 0.717) is 6.42 Å². The summed E-state index contributed by atoms with van der Waals surface area (Å²) >= 11 is 0. The highest BCUT2D eigenvalue weighted by Gasteiger charge is 2.00. The molecule has 0 radical (unpaired) electrons. The Balaban J connectivity index is 3.92. The number of allylic oxidation sites excluding steroid dienone is 5. The first-order chi connectivity index (χ1) is 9.60. The van der Waals surface area contributed by atoms with Crippen LogP contribution < -0.4 is 0 Å². The minimum absolute atomic E-state index is 0.0357. The van der Waals surface area contributed by atoms with Gasteiger partial charge in [0.05, 0.1) is 6.10 Å². The van der Waals surface area contributed by atoms with Crippen LogP contribution in [0.4, 0.5) is 0 Å². The van der Waals surface area contributed by atoms with E-state index in [1.807, 2.05) is 18.2 Å². The van der Waals surface area contributed by atoms with Crippen LogP contribution in [-0.4, -0.2) is 30.1 Å². The van der Waals surface area contributed by atoms with Crippen LogP contribution in [0.3, 0.4) is 0 Å². The summed E-state index contributed by atoms with van der Waals surface area (Å²) in [5.74, 6) is -0.924. The predicted molar refractivity (Wildman–Crippen MR) is 79.6 cm³/mol. The highest BCUT2D eigenvalue weighted by Crippen LogP contribution is 2.02. The Morgan fingerprint density at radius 3 is 2.45 bits per heavy atom. The van der Waals surface area contributed by atoms with E-state index in [4.69, 9.17) is 9.84 Å². The molecule has 0 bridgehead atoms. The fourth-order valence-corrected chi connectivity index (χ4v) is 1.55. The van der Waals surface area contributed by atoms with Crippen molar-refractivity contribution < 1.29 is 19.4 Å². The summed E-state index contributed by atoms with van der Waals surface area (Å²) in [6.07, 6.45) is 13.5. The van der Waals surface area contributed by atoms with Gasteiger partial charge in [-0.05, 0) is 18.9 Å². The Morgan fingerprint density at radius 2 is 1.85 bits per heavy atom. The van der Waals surface area contributed by atoms with Crippen molar-refractivity contribution in [3.8, 4) is 0 Å². The number of ketones is 1. The van der Waals surface area contributed by atoms with E-state index in [0.717, 1.165) is 12.8 Å². The lowest BCUT2D eigenvalue weighted by molar-refractivity contribution is -0.137. The topological polar surface area (TPSA) is 63.6 Å². The SMILES string of the molecule is CCCC(C=CC=CC=CC(=O)CCCC(=O)O)OC. The van der Waals surface area contributed by atoms with Crippen molar-refractivity contribution in [2.45, 2.75) is 45.1 Å². The van der Waals surface area contributed by atoms with Crippen molar-refractivity contribution in [2.24, 2.45) is 0 Å². The number of carbonyl (C=O) groups is 2. The largest absolute Gasteiger partial charge is 0.481 e. The lowest BCUT2D eigenvalue weighted by Crippen LogP contribution is -2.05. The highest BCUT2D eigenvalue weighted by atomic mass is 16.5.